The molecule has 2 rings (SSSR count). The van der Waals surface area contributed by atoms with Crippen molar-refractivity contribution in [2.45, 2.75) is 13.3 Å². The second-order valence-electron chi connectivity index (χ2n) is 3.15. The van der Waals surface area contributed by atoms with E-state index in [1.165, 1.54) is 0 Å². The molecule has 0 spiro atoms. The van der Waals surface area contributed by atoms with Crippen LogP contribution in [0.1, 0.15) is 12.6 Å². The summed E-state index contributed by atoms with van der Waals surface area (Å²) >= 11 is 0. The number of hydrogen-bond donors (Lipinski definition) is 1. The summed E-state index contributed by atoms with van der Waals surface area (Å²) < 4.78 is 3.68. The molecule has 74 valence electrons. The summed E-state index contributed by atoms with van der Waals surface area (Å²) in [5, 5.41) is 4.20. The van der Waals surface area contributed by atoms with E-state index in [9.17, 15) is 0 Å². The first-order valence-corrected chi connectivity index (χ1v) is 4.54. The molecular weight excluding hydrogens is 178 g/mol. The van der Waals surface area contributed by atoms with Crippen LogP contribution >= 0.6 is 0 Å². The van der Waals surface area contributed by atoms with E-state index in [1.54, 1.807) is 17.1 Å². The number of nitrogens with zero attached hydrogens (tertiary/aromatic N) is 4. The van der Waals surface area contributed by atoms with Crippen LogP contribution in [0.15, 0.2) is 18.6 Å². The van der Waals surface area contributed by atoms with Crippen LogP contribution in [0.4, 0.5) is 5.69 Å². The number of nitrogen functional groups attached to an aromatic ring is 1. The molecule has 14 heavy (non-hydrogen) atoms. The van der Waals surface area contributed by atoms with Gasteiger partial charge in [0.25, 0.3) is 0 Å². The highest BCUT2D eigenvalue weighted by Crippen LogP contribution is 2.15. The normalized spacial score (nSPS) is 10.7. The molecule has 0 saturated carbocycles. The Morgan fingerprint density at radius 3 is 2.86 bits per heavy atom. The molecule has 0 bridgehead atoms. The van der Waals surface area contributed by atoms with Crippen molar-refractivity contribution < 1.29 is 0 Å². The zero-order chi connectivity index (χ0) is 10.1. The topological polar surface area (TPSA) is 61.7 Å². The van der Waals surface area contributed by atoms with Gasteiger partial charge in [-0.1, -0.05) is 6.92 Å². The van der Waals surface area contributed by atoms with Crippen LogP contribution in [-0.4, -0.2) is 19.3 Å². The van der Waals surface area contributed by atoms with Crippen LogP contribution in [-0.2, 0) is 13.5 Å². The van der Waals surface area contributed by atoms with Gasteiger partial charge >= 0.3 is 0 Å². The lowest BCUT2D eigenvalue weighted by molar-refractivity contribution is 0.718. The minimum atomic E-state index is 0.718. The third-order valence-corrected chi connectivity index (χ3v) is 2.22. The molecule has 2 aromatic heterocycles. The second kappa shape index (κ2) is 3.17. The summed E-state index contributed by atoms with van der Waals surface area (Å²) in [6.07, 6.45) is 6.13. The minimum absolute atomic E-state index is 0.718. The van der Waals surface area contributed by atoms with Crippen LogP contribution in [0.2, 0.25) is 0 Å². The molecule has 0 aliphatic carbocycles. The molecule has 0 amide bonds. The van der Waals surface area contributed by atoms with Crippen molar-refractivity contribution >= 4 is 5.69 Å². The molecule has 0 atom stereocenters. The SMILES string of the molecule is CCc1c(N)cnn1-c1nccn1C. The molecule has 0 aromatic carbocycles. The maximum atomic E-state index is 5.79. The van der Waals surface area contributed by atoms with Crippen molar-refractivity contribution in [1.82, 2.24) is 19.3 Å². The maximum Gasteiger partial charge on any atom is 0.230 e. The van der Waals surface area contributed by atoms with Crippen molar-refractivity contribution in [3.8, 4) is 5.95 Å². The number of nitrogens with two attached hydrogens (primary N) is 1. The van der Waals surface area contributed by atoms with Gasteiger partial charge in [-0.25, -0.2) is 9.67 Å². The highest BCUT2D eigenvalue weighted by Gasteiger charge is 2.10. The maximum absolute atomic E-state index is 5.79. The highest BCUT2D eigenvalue weighted by atomic mass is 15.4. The molecule has 0 aliphatic rings. The van der Waals surface area contributed by atoms with E-state index in [0.29, 0.717) is 0 Å². The number of rotatable bonds is 2. The minimum Gasteiger partial charge on any atom is -0.396 e. The largest absolute Gasteiger partial charge is 0.396 e. The Kier molecular flexibility index (Phi) is 1.99. The molecule has 2 N–H and O–H groups in total. The Labute approximate surface area is 82.2 Å². The number of imidazole rings is 1. The van der Waals surface area contributed by atoms with Gasteiger partial charge in [-0.15, -0.1) is 0 Å². The van der Waals surface area contributed by atoms with Gasteiger partial charge in [0.15, 0.2) is 0 Å². The Bertz CT molecular complexity index is 440. The molecule has 5 heteroatoms. The van der Waals surface area contributed by atoms with Gasteiger partial charge in [0, 0.05) is 19.4 Å². The fraction of sp³-hybridized carbons (Fsp3) is 0.333. The molecule has 0 radical (unpaired) electrons. The third kappa shape index (κ3) is 1.17. The Balaban J connectivity index is 2.57. The monoisotopic (exact) mass is 191 g/mol. The van der Waals surface area contributed by atoms with E-state index < -0.39 is 0 Å². The van der Waals surface area contributed by atoms with Crippen molar-refractivity contribution in [1.29, 1.82) is 0 Å². The number of anilines is 1. The molecule has 0 fully saturated rings. The average molecular weight is 191 g/mol. The zero-order valence-electron chi connectivity index (χ0n) is 8.31. The lowest BCUT2D eigenvalue weighted by Gasteiger charge is -2.05. The van der Waals surface area contributed by atoms with Gasteiger partial charge in [0.05, 0.1) is 17.6 Å². The van der Waals surface area contributed by atoms with Crippen LogP contribution in [0, 0.1) is 0 Å². The van der Waals surface area contributed by atoms with Crippen molar-refractivity contribution in [3.05, 3.63) is 24.3 Å². The quantitative estimate of drug-likeness (QED) is 0.762. The van der Waals surface area contributed by atoms with Crippen LogP contribution in [0.5, 0.6) is 0 Å². The van der Waals surface area contributed by atoms with E-state index >= 15 is 0 Å². The first-order valence-electron chi connectivity index (χ1n) is 4.54. The third-order valence-electron chi connectivity index (χ3n) is 2.22. The average Bonchev–Trinajstić information content (AvgIpc) is 2.71. The van der Waals surface area contributed by atoms with Gasteiger partial charge < -0.3 is 10.3 Å². The lowest BCUT2D eigenvalue weighted by atomic mass is 10.3. The number of aryl methyl sites for hydroxylation is 1. The Hall–Kier alpha value is -1.78. The Morgan fingerprint density at radius 2 is 2.29 bits per heavy atom. The lowest BCUT2D eigenvalue weighted by Crippen LogP contribution is -2.08. The van der Waals surface area contributed by atoms with E-state index in [4.69, 9.17) is 5.73 Å². The summed E-state index contributed by atoms with van der Waals surface area (Å²) in [5.41, 5.74) is 7.51. The van der Waals surface area contributed by atoms with Gasteiger partial charge in [-0.3, -0.25) is 0 Å². The van der Waals surface area contributed by atoms with Gasteiger partial charge in [-0.2, -0.15) is 5.10 Å². The predicted molar refractivity (Wildman–Crippen MR) is 54.1 cm³/mol. The molecule has 0 saturated heterocycles. The van der Waals surface area contributed by atoms with E-state index in [1.807, 2.05) is 24.7 Å². The zero-order valence-corrected chi connectivity index (χ0v) is 8.31. The van der Waals surface area contributed by atoms with Crippen LogP contribution in [0.3, 0.4) is 0 Å². The van der Waals surface area contributed by atoms with E-state index in [2.05, 4.69) is 10.1 Å². The fourth-order valence-electron chi connectivity index (χ4n) is 1.47. The summed E-state index contributed by atoms with van der Waals surface area (Å²) in [5.74, 6) is 0.790. The summed E-state index contributed by atoms with van der Waals surface area (Å²) in [4.78, 5) is 4.22. The van der Waals surface area contributed by atoms with Crippen LogP contribution in [0.25, 0.3) is 5.95 Å². The molecule has 0 unspecified atom stereocenters. The van der Waals surface area contributed by atoms with Crippen LogP contribution < -0.4 is 5.73 Å². The van der Waals surface area contributed by atoms with E-state index in [-0.39, 0.29) is 0 Å². The van der Waals surface area contributed by atoms with Gasteiger partial charge in [0.2, 0.25) is 5.95 Å². The fourth-order valence-corrected chi connectivity index (χ4v) is 1.47. The van der Waals surface area contributed by atoms with Crippen molar-refractivity contribution in [2.24, 2.45) is 7.05 Å². The predicted octanol–water partition coefficient (Wildman–Crippen LogP) is 0.750. The van der Waals surface area contributed by atoms with Gasteiger partial charge in [-0.05, 0) is 6.42 Å². The standard InChI is InChI=1S/C9H13N5/c1-3-8-7(10)6-12-14(8)9-11-4-5-13(9)2/h4-6H,3,10H2,1-2H3. The number of hydrogen-bond acceptors (Lipinski definition) is 3. The Morgan fingerprint density at radius 1 is 1.50 bits per heavy atom. The van der Waals surface area contributed by atoms with Gasteiger partial charge in [0.1, 0.15) is 0 Å². The summed E-state index contributed by atoms with van der Waals surface area (Å²) in [6.45, 7) is 2.05. The van der Waals surface area contributed by atoms with Crippen molar-refractivity contribution in [3.63, 3.8) is 0 Å². The highest BCUT2D eigenvalue weighted by molar-refractivity contribution is 5.43. The van der Waals surface area contributed by atoms with E-state index in [0.717, 1.165) is 23.8 Å². The molecule has 0 aliphatic heterocycles. The smallest absolute Gasteiger partial charge is 0.230 e. The molecule has 2 aromatic rings. The summed E-state index contributed by atoms with van der Waals surface area (Å²) in [6, 6.07) is 0. The first kappa shape index (κ1) is 8.80. The second-order valence-corrected chi connectivity index (χ2v) is 3.15. The molecule has 5 nitrogen and oxygen atoms in total. The molecule has 2 heterocycles. The summed E-state index contributed by atoms with van der Waals surface area (Å²) in [7, 11) is 1.93. The number of aromatic nitrogens is 4. The molecular formula is C9H13N5. The first-order chi connectivity index (χ1) is 6.74. The van der Waals surface area contributed by atoms with Crippen molar-refractivity contribution in [2.75, 3.05) is 5.73 Å².